The minimum absolute atomic E-state index is 0.337. The third-order valence-electron chi connectivity index (χ3n) is 3.07. The number of nitrogens with zero attached hydrogens (tertiary/aromatic N) is 1. The van der Waals surface area contributed by atoms with Gasteiger partial charge in [-0.25, -0.2) is 9.36 Å². The fourth-order valence-electron chi connectivity index (χ4n) is 2.01. The fourth-order valence-corrected chi connectivity index (χ4v) is 2.68. The van der Waals surface area contributed by atoms with Crippen LogP contribution in [0.15, 0.2) is 15.8 Å². The summed E-state index contributed by atoms with van der Waals surface area (Å²) in [6, 6.07) is 0. The lowest BCUT2D eigenvalue weighted by Crippen LogP contribution is -2.33. The predicted octanol–water partition coefficient (Wildman–Crippen LogP) is -0.460. The van der Waals surface area contributed by atoms with Crippen LogP contribution in [-0.4, -0.2) is 37.3 Å². The third-order valence-corrected chi connectivity index (χ3v) is 4.10. The summed E-state index contributed by atoms with van der Waals surface area (Å²) in [5.74, 6) is 0. The Balaban J connectivity index is 2.14. The molecular formula is C10H15N2O7PS. The van der Waals surface area contributed by atoms with E-state index in [1.54, 1.807) is 6.92 Å². The number of thiol groups is 1. The summed E-state index contributed by atoms with van der Waals surface area (Å²) in [6.07, 6.45) is 0.355. The zero-order chi connectivity index (χ0) is 15.8. The van der Waals surface area contributed by atoms with Crippen molar-refractivity contribution in [2.75, 3.05) is 6.61 Å². The van der Waals surface area contributed by atoms with Crippen LogP contribution in [0.4, 0.5) is 0 Å². The molecule has 1 aliphatic heterocycles. The molecule has 21 heavy (non-hydrogen) atoms. The second kappa shape index (κ2) is 6.07. The minimum Gasteiger partial charge on any atom is -0.351 e. The summed E-state index contributed by atoms with van der Waals surface area (Å²) >= 11 is 4.26. The van der Waals surface area contributed by atoms with Crippen LogP contribution in [0.3, 0.4) is 0 Å². The van der Waals surface area contributed by atoms with Crippen molar-refractivity contribution >= 4 is 20.5 Å². The van der Waals surface area contributed by atoms with Crippen LogP contribution >= 0.6 is 20.5 Å². The van der Waals surface area contributed by atoms with Crippen LogP contribution in [0.2, 0.25) is 0 Å². The molecule has 0 amide bonds. The van der Waals surface area contributed by atoms with Gasteiger partial charge in [-0.1, -0.05) is 0 Å². The highest BCUT2D eigenvalue weighted by Crippen LogP contribution is 2.39. The molecule has 9 nitrogen and oxygen atoms in total. The van der Waals surface area contributed by atoms with Crippen LogP contribution in [0.5, 0.6) is 0 Å². The van der Waals surface area contributed by atoms with E-state index in [0.29, 0.717) is 12.0 Å². The summed E-state index contributed by atoms with van der Waals surface area (Å²) in [4.78, 5) is 42.6. The Kier molecular flexibility index (Phi) is 4.76. The van der Waals surface area contributed by atoms with Crippen LogP contribution in [0.25, 0.3) is 0 Å². The highest BCUT2D eigenvalue weighted by atomic mass is 32.1. The van der Waals surface area contributed by atoms with Gasteiger partial charge in [-0.05, 0) is 6.92 Å². The van der Waals surface area contributed by atoms with Gasteiger partial charge in [-0.15, -0.1) is 0 Å². The molecule has 1 aromatic heterocycles. The lowest BCUT2D eigenvalue weighted by molar-refractivity contribution is -0.0235. The molecule has 11 heteroatoms. The number of nitrogens with one attached hydrogen (secondary N) is 1. The van der Waals surface area contributed by atoms with Gasteiger partial charge in [0.05, 0.1) is 12.7 Å². The Morgan fingerprint density at radius 2 is 2.24 bits per heavy atom. The molecule has 2 heterocycles. The molecule has 1 saturated heterocycles. The van der Waals surface area contributed by atoms with E-state index < -0.39 is 31.4 Å². The van der Waals surface area contributed by atoms with Crippen LogP contribution in [0, 0.1) is 6.92 Å². The number of rotatable bonds is 4. The van der Waals surface area contributed by atoms with Crippen LogP contribution in [0.1, 0.15) is 18.2 Å². The van der Waals surface area contributed by atoms with Crippen LogP contribution < -0.4 is 11.2 Å². The SMILES string of the molecule is Cc1cn(C2CC(S)C(COP(=O)(O)O)O2)c(=O)[nH]c1=O. The Hall–Kier alpha value is -0.900. The number of hydrogen-bond donors (Lipinski definition) is 4. The van der Waals surface area contributed by atoms with Gasteiger partial charge in [0.25, 0.3) is 5.56 Å². The molecule has 1 fully saturated rings. The molecule has 3 atom stereocenters. The van der Waals surface area contributed by atoms with Gasteiger partial charge in [0.2, 0.25) is 0 Å². The summed E-state index contributed by atoms with van der Waals surface area (Å²) in [5.41, 5.74) is -0.741. The van der Waals surface area contributed by atoms with Crippen molar-refractivity contribution in [3.63, 3.8) is 0 Å². The quantitative estimate of drug-likeness (QED) is 0.431. The van der Waals surface area contributed by atoms with Crippen molar-refractivity contribution in [2.24, 2.45) is 0 Å². The molecule has 0 bridgehead atoms. The fraction of sp³-hybridized carbons (Fsp3) is 0.600. The van der Waals surface area contributed by atoms with Gasteiger partial charge in [0, 0.05) is 23.4 Å². The average molecular weight is 338 g/mol. The molecule has 0 aromatic carbocycles. The van der Waals surface area contributed by atoms with Crippen molar-refractivity contribution < 1.29 is 23.6 Å². The largest absolute Gasteiger partial charge is 0.469 e. The molecule has 1 aliphatic rings. The summed E-state index contributed by atoms with van der Waals surface area (Å²) < 4.78 is 21.8. The monoisotopic (exact) mass is 338 g/mol. The first-order valence-corrected chi connectivity index (χ1v) is 8.08. The predicted molar refractivity (Wildman–Crippen MR) is 75.4 cm³/mol. The average Bonchev–Trinajstić information content (AvgIpc) is 2.72. The maximum Gasteiger partial charge on any atom is 0.469 e. The summed E-state index contributed by atoms with van der Waals surface area (Å²) in [7, 11) is -4.59. The first-order chi connectivity index (χ1) is 9.67. The van der Waals surface area contributed by atoms with E-state index in [0.717, 1.165) is 0 Å². The Morgan fingerprint density at radius 3 is 2.86 bits per heavy atom. The second-order valence-corrected chi connectivity index (χ2v) is 6.60. The van der Waals surface area contributed by atoms with Crippen LogP contribution in [-0.2, 0) is 13.8 Å². The Labute approximate surface area is 124 Å². The molecule has 3 unspecified atom stereocenters. The number of aryl methyl sites for hydroxylation is 1. The topological polar surface area (TPSA) is 131 Å². The maximum absolute atomic E-state index is 11.8. The number of phosphoric acid groups is 1. The molecule has 3 N–H and O–H groups in total. The van der Waals surface area contributed by atoms with E-state index in [2.05, 4.69) is 22.1 Å². The summed E-state index contributed by atoms with van der Waals surface area (Å²) in [6.45, 7) is 1.21. The first kappa shape index (κ1) is 16.5. The second-order valence-electron chi connectivity index (χ2n) is 4.70. The van der Waals surface area contributed by atoms with Crippen molar-refractivity contribution in [3.8, 4) is 0 Å². The highest BCUT2D eigenvalue weighted by Gasteiger charge is 2.36. The molecule has 0 spiro atoms. The Bertz CT molecular complexity index is 681. The molecule has 118 valence electrons. The smallest absolute Gasteiger partial charge is 0.351 e. The minimum atomic E-state index is -4.59. The highest BCUT2D eigenvalue weighted by molar-refractivity contribution is 7.81. The van der Waals surface area contributed by atoms with Gasteiger partial charge >= 0.3 is 13.5 Å². The molecule has 2 rings (SSSR count). The normalized spacial score (nSPS) is 26.2. The standard InChI is InChI=1S/C10H15N2O7PS/c1-5-3-12(10(14)11-9(5)13)8-2-7(21)6(19-8)4-18-20(15,16)17/h3,6-8,21H,2,4H2,1H3,(H,11,13,14)(H2,15,16,17). The molecule has 1 aromatic rings. The number of aromatic amines is 1. The molecule has 0 saturated carbocycles. The van der Waals surface area contributed by atoms with Crippen molar-refractivity contribution in [2.45, 2.75) is 30.9 Å². The Morgan fingerprint density at radius 1 is 1.57 bits per heavy atom. The van der Waals surface area contributed by atoms with Crippen molar-refractivity contribution in [3.05, 3.63) is 32.6 Å². The van der Waals surface area contributed by atoms with E-state index in [1.165, 1.54) is 10.8 Å². The number of aromatic nitrogens is 2. The molecule has 0 aliphatic carbocycles. The zero-order valence-corrected chi connectivity index (χ0v) is 12.8. The van der Waals surface area contributed by atoms with Gasteiger partial charge in [-0.3, -0.25) is 18.9 Å². The summed E-state index contributed by atoms with van der Waals surface area (Å²) in [5, 5.41) is -0.360. The zero-order valence-electron chi connectivity index (χ0n) is 11.0. The number of ether oxygens (including phenoxy) is 1. The van der Waals surface area contributed by atoms with Crippen molar-refractivity contribution in [1.82, 2.24) is 9.55 Å². The van der Waals surface area contributed by atoms with E-state index in [9.17, 15) is 14.2 Å². The number of phosphoric ester groups is 1. The van der Waals surface area contributed by atoms with Gasteiger partial charge in [-0.2, -0.15) is 12.6 Å². The number of hydrogen-bond acceptors (Lipinski definition) is 6. The lowest BCUT2D eigenvalue weighted by Gasteiger charge is -2.16. The third kappa shape index (κ3) is 4.06. The van der Waals surface area contributed by atoms with E-state index in [1.807, 2.05) is 0 Å². The van der Waals surface area contributed by atoms with Gasteiger partial charge in [0.15, 0.2) is 0 Å². The molecule has 0 radical (unpaired) electrons. The first-order valence-electron chi connectivity index (χ1n) is 6.03. The van der Waals surface area contributed by atoms with Crippen molar-refractivity contribution in [1.29, 1.82) is 0 Å². The maximum atomic E-state index is 11.8. The van der Waals surface area contributed by atoms with E-state index >= 15 is 0 Å². The van der Waals surface area contributed by atoms with E-state index in [-0.39, 0.29) is 11.9 Å². The van der Waals surface area contributed by atoms with E-state index in [4.69, 9.17) is 14.5 Å². The van der Waals surface area contributed by atoms with Gasteiger partial charge < -0.3 is 14.5 Å². The number of H-pyrrole nitrogens is 1. The lowest BCUT2D eigenvalue weighted by atomic mass is 10.2. The van der Waals surface area contributed by atoms with Gasteiger partial charge in [0.1, 0.15) is 6.23 Å². The molecular weight excluding hydrogens is 323 g/mol.